The summed E-state index contributed by atoms with van der Waals surface area (Å²) in [4.78, 5) is 15.3. The number of hydrogen-bond donors (Lipinski definition) is 0. The Morgan fingerprint density at radius 2 is 1.17 bits per heavy atom. The molecule has 5 heterocycles. The van der Waals surface area contributed by atoms with Gasteiger partial charge in [0.05, 0.1) is 33.3 Å². The molecule has 11 aromatic rings. The van der Waals surface area contributed by atoms with Crippen LogP contribution in [0.3, 0.4) is 0 Å². The second kappa shape index (κ2) is 8.65. The molecular formula is C41H23N5. The van der Waals surface area contributed by atoms with Gasteiger partial charge in [0.25, 0.3) is 0 Å². The molecule has 0 radical (unpaired) electrons. The van der Waals surface area contributed by atoms with Crippen molar-refractivity contribution in [3.05, 3.63) is 140 Å². The maximum absolute atomic E-state index is 5.37. The summed E-state index contributed by atoms with van der Waals surface area (Å²) in [7, 11) is 0. The molecule has 46 heavy (non-hydrogen) atoms. The first-order valence-electron chi connectivity index (χ1n) is 15.6. The number of fused-ring (bicyclic) bond motifs is 13. The molecule has 212 valence electrons. The molecule has 0 unspecified atom stereocenters. The van der Waals surface area contributed by atoms with Gasteiger partial charge in [-0.2, -0.15) is 4.98 Å². The number of para-hydroxylation sites is 2. The lowest BCUT2D eigenvalue weighted by Crippen LogP contribution is -2.04. The third kappa shape index (κ3) is 2.97. The van der Waals surface area contributed by atoms with Crippen LogP contribution in [-0.4, -0.2) is 23.9 Å². The topological polar surface area (TPSA) is 48.0 Å². The van der Waals surface area contributed by atoms with Gasteiger partial charge in [0.1, 0.15) is 0 Å². The number of hydrogen-bond acceptors (Lipinski definition) is 3. The fourth-order valence-electron chi connectivity index (χ4n) is 7.85. The second-order valence-electron chi connectivity index (χ2n) is 12.0. The van der Waals surface area contributed by atoms with Crippen LogP contribution in [0.2, 0.25) is 0 Å². The maximum Gasteiger partial charge on any atom is 0.237 e. The van der Waals surface area contributed by atoms with Gasteiger partial charge in [-0.15, -0.1) is 0 Å². The largest absolute Gasteiger partial charge is 0.308 e. The van der Waals surface area contributed by atoms with Gasteiger partial charge in [0.2, 0.25) is 5.95 Å². The Balaban J connectivity index is 1.43. The first kappa shape index (κ1) is 24.0. The average Bonchev–Trinajstić information content (AvgIpc) is 3.76. The monoisotopic (exact) mass is 585 g/mol. The van der Waals surface area contributed by atoms with E-state index in [9.17, 15) is 0 Å². The van der Waals surface area contributed by atoms with Crippen LogP contribution in [0.4, 0.5) is 0 Å². The van der Waals surface area contributed by atoms with E-state index in [0.29, 0.717) is 11.6 Å². The van der Waals surface area contributed by atoms with Crippen molar-refractivity contribution >= 4 is 81.7 Å². The second-order valence-corrected chi connectivity index (χ2v) is 12.0. The molecule has 0 aliphatic carbocycles. The van der Waals surface area contributed by atoms with Crippen LogP contribution in [0.1, 0.15) is 0 Å². The summed E-state index contributed by atoms with van der Waals surface area (Å²) in [5.41, 5.74) is 8.46. The van der Waals surface area contributed by atoms with Gasteiger partial charge in [0.15, 0.2) is 5.65 Å². The predicted molar refractivity (Wildman–Crippen MR) is 189 cm³/mol. The molecule has 5 aromatic heterocycles. The minimum atomic E-state index is 0.614. The molecule has 0 amide bonds. The van der Waals surface area contributed by atoms with Crippen molar-refractivity contribution in [3.8, 4) is 17.2 Å². The highest BCUT2D eigenvalue weighted by Gasteiger charge is 2.26. The summed E-state index contributed by atoms with van der Waals surface area (Å²) in [6.45, 7) is 0. The summed E-state index contributed by atoms with van der Waals surface area (Å²) < 4.78 is 4.74. The Kier molecular flexibility index (Phi) is 4.52. The Labute approximate surface area is 261 Å². The lowest BCUT2D eigenvalue weighted by Gasteiger charge is -2.12. The van der Waals surface area contributed by atoms with Crippen LogP contribution in [0.25, 0.3) is 98.9 Å². The van der Waals surface area contributed by atoms with Crippen molar-refractivity contribution in [2.24, 2.45) is 0 Å². The van der Waals surface area contributed by atoms with E-state index < -0.39 is 0 Å². The van der Waals surface area contributed by atoms with E-state index in [1.165, 1.54) is 54.3 Å². The lowest BCUT2D eigenvalue weighted by atomic mass is 10.0. The third-order valence-corrected chi connectivity index (χ3v) is 9.69. The normalized spacial score (nSPS) is 12.3. The number of nitrogens with zero attached hydrogens (tertiary/aromatic N) is 5. The van der Waals surface area contributed by atoms with Gasteiger partial charge in [0, 0.05) is 54.9 Å². The maximum atomic E-state index is 5.37. The van der Waals surface area contributed by atoms with Crippen LogP contribution in [0.15, 0.2) is 140 Å². The van der Waals surface area contributed by atoms with Gasteiger partial charge < -0.3 is 4.40 Å². The van der Waals surface area contributed by atoms with Crippen molar-refractivity contribution in [3.63, 3.8) is 0 Å². The zero-order valence-electron chi connectivity index (χ0n) is 24.5. The van der Waals surface area contributed by atoms with Crippen LogP contribution in [-0.2, 0) is 0 Å². The smallest absolute Gasteiger partial charge is 0.237 e. The summed E-state index contributed by atoms with van der Waals surface area (Å²) in [6.07, 6.45) is 1.81. The van der Waals surface area contributed by atoms with Crippen molar-refractivity contribution < 1.29 is 0 Å². The summed E-state index contributed by atoms with van der Waals surface area (Å²) >= 11 is 0. The van der Waals surface area contributed by atoms with E-state index in [2.05, 4.69) is 130 Å². The van der Waals surface area contributed by atoms with E-state index in [1.54, 1.807) is 0 Å². The average molecular weight is 586 g/mol. The molecule has 0 fully saturated rings. The third-order valence-electron chi connectivity index (χ3n) is 9.69. The highest BCUT2D eigenvalue weighted by atomic mass is 15.2. The molecule has 0 spiro atoms. The summed E-state index contributed by atoms with van der Waals surface area (Å²) in [5.74, 6) is 0.614. The quantitative estimate of drug-likeness (QED) is 0.203. The Hall–Kier alpha value is -6.33. The molecule has 6 aromatic carbocycles. The number of rotatable bonds is 2. The minimum Gasteiger partial charge on any atom is -0.308 e. The fourth-order valence-corrected chi connectivity index (χ4v) is 7.85. The highest BCUT2D eigenvalue weighted by molar-refractivity contribution is 6.37. The number of benzene rings is 6. The Bertz CT molecular complexity index is 3020. The molecule has 0 saturated carbocycles. The number of pyridine rings is 1. The first-order valence-corrected chi connectivity index (χ1v) is 15.6. The van der Waals surface area contributed by atoms with E-state index in [0.717, 1.165) is 33.1 Å². The lowest BCUT2D eigenvalue weighted by molar-refractivity contribution is 1.01. The fraction of sp³-hybridized carbons (Fsp3) is 0. The Morgan fingerprint density at radius 1 is 0.457 bits per heavy atom. The van der Waals surface area contributed by atoms with E-state index >= 15 is 0 Å². The summed E-state index contributed by atoms with van der Waals surface area (Å²) in [5, 5.41) is 10.7. The predicted octanol–water partition coefficient (Wildman–Crippen LogP) is 10.1. The molecule has 0 aliphatic rings. The van der Waals surface area contributed by atoms with Crippen LogP contribution < -0.4 is 0 Å². The molecule has 0 N–H and O–H groups in total. The molecular weight excluding hydrogens is 562 g/mol. The van der Waals surface area contributed by atoms with Crippen molar-refractivity contribution in [2.45, 2.75) is 0 Å². The minimum absolute atomic E-state index is 0.614. The van der Waals surface area contributed by atoms with Gasteiger partial charge in [-0.3, -0.25) is 4.57 Å². The van der Waals surface area contributed by atoms with Crippen molar-refractivity contribution in [1.82, 2.24) is 23.9 Å². The first-order chi connectivity index (χ1) is 22.8. The molecule has 0 bridgehead atoms. The van der Waals surface area contributed by atoms with E-state index in [-0.39, 0.29) is 0 Å². The summed E-state index contributed by atoms with van der Waals surface area (Å²) in [6, 6.07) is 47.4. The van der Waals surface area contributed by atoms with Crippen LogP contribution in [0, 0.1) is 0 Å². The van der Waals surface area contributed by atoms with Gasteiger partial charge in [-0.1, -0.05) is 103 Å². The van der Waals surface area contributed by atoms with Crippen molar-refractivity contribution in [2.75, 3.05) is 0 Å². The van der Waals surface area contributed by atoms with Gasteiger partial charge in [-0.05, 0) is 35.7 Å². The van der Waals surface area contributed by atoms with Gasteiger partial charge in [-0.25, -0.2) is 9.97 Å². The van der Waals surface area contributed by atoms with Crippen LogP contribution >= 0.6 is 0 Å². The molecule has 11 rings (SSSR count). The van der Waals surface area contributed by atoms with Gasteiger partial charge >= 0.3 is 0 Å². The highest BCUT2D eigenvalue weighted by Crippen LogP contribution is 2.47. The van der Waals surface area contributed by atoms with E-state index in [4.69, 9.17) is 15.0 Å². The molecule has 0 saturated heterocycles. The van der Waals surface area contributed by atoms with E-state index in [1.807, 2.05) is 18.3 Å². The van der Waals surface area contributed by atoms with Crippen molar-refractivity contribution in [1.29, 1.82) is 0 Å². The molecule has 0 aliphatic heterocycles. The SMILES string of the molecule is c1ccc(-c2nc(-n3c4cc5c6ccccc6n6c7ccccc7c(c4c4ccc7ccccc7c43)c56)nc3ncccc23)cc1. The zero-order chi connectivity index (χ0) is 29.9. The standard InChI is InChI=1S/C41H23N5/c1-2-12-25(13-3-1)37-30-17-10-22-42-40(30)44-41(43-37)46-34-23-31-27-15-6-8-18-32(27)45-33-19-9-7-16-28(33)36(39(31)45)35(34)29-21-20-24-11-4-5-14-26(24)38(29)46/h1-23H. The molecule has 0 atom stereocenters. The zero-order valence-corrected chi connectivity index (χ0v) is 24.5. The van der Waals surface area contributed by atoms with Crippen LogP contribution in [0.5, 0.6) is 0 Å². The number of aromatic nitrogens is 5. The molecule has 5 nitrogen and oxygen atoms in total. The molecule has 5 heteroatoms. The Morgan fingerprint density at radius 3 is 2.04 bits per heavy atom.